The summed E-state index contributed by atoms with van der Waals surface area (Å²) in [6.07, 6.45) is 1.07. The molecule has 0 spiro atoms. The van der Waals surface area contributed by atoms with Crippen molar-refractivity contribution in [2.75, 3.05) is 0 Å². The van der Waals surface area contributed by atoms with E-state index in [0.29, 0.717) is 12.5 Å². The second kappa shape index (κ2) is 14.1. The van der Waals surface area contributed by atoms with Gasteiger partial charge in [0.2, 0.25) is 0 Å². The summed E-state index contributed by atoms with van der Waals surface area (Å²) in [5.41, 5.74) is 7.90. The molecule has 1 aromatic heterocycles. The second-order valence-electron chi connectivity index (χ2n) is 11.7. The largest absolute Gasteiger partial charge is 0.533 e. The Balaban J connectivity index is 0.000000177. The minimum atomic E-state index is -2.83. The number of fused-ring (bicyclic) bond motifs is 4. The number of benzene rings is 5. The third-order valence-corrected chi connectivity index (χ3v) is 10.9. The first-order valence-corrected chi connectivity index (χ1v) is 16.8. The minimum Gasteiger partial charge on any atom is -0.533 e. The van der Waals surface area contributed by atoms with E-state index in [4.69, 9.17) is 9.72 Å². The zero-order chi connectivity index (χ0) is 30.7. The number of nitrogens with zero attached hydrogens (tertiary/aromatic N) is 1. The molecule has 1 aliphatic heterocycles. The van der Waals surface area contributed by atoms with Gasteiger partial charge in [-0.3, -0.25) is 4.98 Å². The predicted molar refractivity (Wildman–Crippen MR) is 183 cm³/mol. The summed E-state index contributed by atoms with van der Waals surface area (Å²) in [5, 5.41) is 3.68. The summed E-state index contributed by atoms with van der Waals surface area (Å²) in [4.78, 5) is 5.00. The summed E-state index contributed by atoms with van der Waals surface area (Å²) >= 11 is 0. The van der Waals surface area contributed by atoms with Crippen LogP contribution in [0.15, 0.2) is 115 Å². The maximum atomic E-state index is 13.8. The van der Waals surface area contributed by atoms with Crippen molar-refractivity contribution in [1.82, 2.24) is 4.98 Å². The average Bonchev–Trinajstić information content (AvgIpc) is 3.05. The molecule has 5 aromatic carbocycles. The van der Waals surface area contributed by atoms with E-state index in [2.05, 4.69) is 70.2 Å². The fourth-order valence-electron chi connectivity index (χ4n) is 5.91. The predicted octanol–water partition coefficient (Wildman–Crippen LogP) is 8.53. The Bertz CT molecular complexity index is 1850. The third-order valence-electron chi connectivity index (χ3n) is 7.88. The molecule has 45 heavy (non-hydrogen) atoms. The molecule has 0 saturated carbocycles. The van der Waals surface area contributed by atoms with Gasteiger partial charge in [0.25, 0.3) is 0 Å². The van der Waals surface area contributed by atoms with E-state index < -0.39 is 7.14 Å². The van der Waals surface area contributed by atoms with Crippen LogP contribution in [0.1, 0.15) is 36.1 Å². The molecule has 0 amide bonds. The number of pyridine rings is 1. The third kappa shape index (κ3) is 6.75. The van der Waals surface area contributed by atoms with Crippen molar-refractivity contribution in [2.45, 2.75) is 40.7 Å². The van der Waals surface area contributed by atoms with Crippen LogP contribution >= 0.6 is 7.14 Å². The Kier molecular flexibility index (Phi) is 10.2. The minimum absolute atomic E-state index is 0. The Labute approximate surface area is 280 Å². The summed E-state index contributed by atoms with van der Waals surface area (Å²) in [6, 6.07) is 44.2. The molecule has 1 radical (unpaired) electrons. The van der Waals surface area contributed by atoms with Crippen molar-refractivity contribution < 1.29 is 29.4 Å². The smallest absolute Gasteiger partial charge is 0.147 e. The number of aromatic nitrogens is 1. The maximum absolute atomic E-state index is 13.8. The Morgan fingerprint density at radius 1 is 0.844 bits per heavy atom. The molecule has 7 rings (SSSR count). The van der Waals surface area contributed by atoms with E-state index >= 15 is 0 Å². The molecule has 0 saturated heterocycles. The normalized spacial score (nSPS) is 11.8. The van der Waals surface area contributed by atoms with E-state index in [-0.39, 0.29) is 20.1 Å². The van der Waals surface area contributed by atoms with Crippen molar-refractivity contribution >= 4 is 34.0 Å². The van der Waals surface area contributed by atoms with Crippen LogP contribution in [0.25, 0.3) is 22.2 Å². The Morgan fingerprint density at radius 3 is 2.13 bits per heavy atom. The van der Waals surface area contributed by atoms with Crippen LogP contribution in [0, 0.1) is 31.9 Å². The molecule has 1 aliphatic rings. The molecule has 3 nitrogen and oxygen atoms in total. The molecule has 0 fully saturated rings. The van der Waals surface area contributed by atoms with Crippen LogP contribution < -0.4 is 20.7 Å². The molecule has 0 aliphatic carbocycles. The molecule has 0 bridgehead atoms. The fourth-order valence-corrected chi connectivity index (χ4v) is 8.50. The van der Waals surface area contributed by atoms with Gasteiger partial charge in [-0.2, -0.15) is 30.3 Å². The van der Waals surface area contributed by atoms with Gasteiger partial charge in [0.15, 0.2) is 0 Å². The first-order valence-electron chi connectivity index (χ1n) is 15.1. The standard InChI is InChI=1S/C22H22NO.C18H14OP.Ir/c1-13(2)8-16-6-5-7-20-18(16)11-17-12-24-22-15(4)9-14(3)10-19(22)21(17)23-20;19-20(16-10-4-1-5-11-16,17-12-6-2-7-13-17)18-14-8-3-9-15-18;/h5-7,9,11,13H,8,12H2,1-4H3;1-14H;/q2*-1;. The van der Waals surface area contributed by atoms with E-state index in [1.165, 1.54) is 10.9 Å². The molecule has 229 valence electrons. The van der Waals surface area contributed by atoms with Gasteiger partial charge in [-0.25, -0.2) is 0 Å². The molecular weight excluding hydrogens is 750 g/mol. The van der Waals surface area contributed by atoms with E-state index in [1.807, 2.05) is 84.9 Å². The molecule has 0 atom stereocenters. The fraction of sp³-hybridized carbons (Fsp3) is 0.175. The van der Waals surface area contributed by atoms with Crippen LogP contribution in [-0.4, -0.2) is 4.98 Å². The first-order chi connectivity index (χ1) is 21.3. The van der Waals surface area contributed by atoms with Crippen molar-refractivity contribution in [1.29, 1.82) is 0 Å². The number of hydrogen-bond acceptors (Lipinski definition) is 3. The monoisotopic (exact) mass is 786 g/mol. The number of aryl methyl sites for hydroxylation is 2. The van der Waals surface area contributed by atoms with Gasteiger partial charge >= 0.3 is 0 Å². The molecule has 0 unspecified atom stereocenters. The van der Waals surface area contributed by atoms with E-state index in [9.17, 15) is 4.57 Å². The number of ether oxygens (including phenoxy) is 1. The van der Waals surface area contributed by atoms with Crippen molar-refractivity contribution in [3.8, 4) is 17.0 Å². The molecular formula is C40H36IrNO2P-2. The number of hydrogen-bond donors (Lipinski definition) is 0. The Hall–Kier alpha value is -3.81. The van der Waals surface area contributed by atoms with Gasteiger partial charge in [0, 0.05) is 41.9 Å². The summed E-state index contributed by atoms with van der Waals surface area (Å²) in [6.45, 7) is 9.25. The summed E-state index contributed by atoms with van der Waals surface area (Å²) < 4.78 is 19.8. The molecule has 0 N–H and O–H groups in total. The van der Waals surface area contributed by atoms with Gasteiger partial charge in [-0.1, -0.05) is 123 Å². The van der Waals surface area contributed by atoms with Crippen LogP contribution in [0.2, 0.25) is 0 Å². The van der Waals surface area contributed by atoms with Crippen molar-refractivity contribution in [3.05, 3.63) is 150 Å². The topological polar surface area (TPSA) is 39.2 Å². The van der Waals surface area contributed by atoms with E-state index in [0.717, 1.165) is 61.5 Å². The van der Waals surface area contributed by atoms with Crippen LogP contribution in [0.3, 0.4) is 0 Å². The summed E-state index contributed by atoms with van der Waals surface area (Å²) in [5.74, 6) is 1.56. The SMILES string of the molecule is Cc1[c-]c2c(c(C)c1)OCc1cc3c(CC(C)C)cccc3nc1-2.O=P(c1[c-]cccc1)(c1ccccc1)c1ccccc1.[Ir]. The molecule has 6 aromatic rings. The second-order valence-corrected chi connectivity index (χ2v) is 14.5. The van der Waals surface area contributed by atoms with Gasteiger partial charge in [-0.05, 0) is 35.2 Å². The van der Waals surface area contributed by atoms with Gasteiger partial charge < -0.3 is 9.30 Å². The zero-order valence-corrected chi connectivity index (χ0v) is 29.3. The van der Waals surface area contributed by atoms with Gasteiger partial charge in [0.1, 0.15) is 7.14 Å². The quantitative estimate of drug-likeness (QED) is 0.130. The van der Waals surface area contributed by atoms with Crippen LogP contribution in [-0.2, 0) is 37.7 Å². The zero-order valence-electron chi connectivity index (χ0n) is 26.0. The van der Waals surface area contributed by atoms with Crippen molar-refractivity contribution in [3.63, 3.8) is 0 Å². The number of rotatable bonds is 5. The molecule has 2 heterocycles. The first kappa shape index (κ1) is 32.6. The molecule has 5 heteroatoms. The van der Waals surface area contributed by atoms with Gasteiger partial charge in [0.05, 0.1) is 12.1 Å². The van der Waals surface area contributed by atoms with Gasteiger partial charge in [-0.15, -0.1) is 17.7 Å². The average molecular weight is 786 g/mol. The Morgan fingerprint density at radius 2 is 1.51 bits per heavy atom. The van der Waals surface area contributed by atoms with Crippen LogP contribution in [0.5, 0.6) is 5.75 Å². The van der Waals surface area contributed by atoms with E-state index in [1.54, 1.807) is 0 Å². The summed E-state index contributed by atoms with van der Waals surface area (Å²) in [7, 11) is -2.83. The maximum Gasteiger partial charge on any atom is 0.147 e. The van der Waals surface area contributed by atoms with Crippen LogP contribution in [0.4, 0.5) is 0 Å². The van der Waals surface area contributed by atoms with Crippen molar-refractivity contribution in [2.24, 2.45) is 5.92 Å².